The Morgan fingerprint density at radius 2 is 2.12 bits per heavy atom. The number of nitrogens with zero attached hydrogens (tertiary/aromatic N) is 4. The van der Waals surface area contributed by atoms with Crippen molar-refractivity contribution in [3.05, 3.63) is 56.7 Å². The summed E-state index contributed by atoms with van der Waals surface area (Å²) in [7, 11) is 0. The average Bonchev–Trinajstić information content (AvgIpc) is 2.54. The number of pyridine rings is 2. The van der Waals surface area contributed by atoms with Gasteiger partial charge in [-0.25, -0.2) is 15.0 Å². The zero-order chi connectivity index (χ0) is 17.3. The zero-order valence-corrected chi connectivity index (χ0v) is 13.7. The molecular weight excluding hydrogens is 328 g/mol. The highest BCUT2D eigenvalue weighted by Gasteiger charge is 2.13. The van der Waals surface area contributed by atoms with Crippen molar-refractivity contribution in [2.24, 2.45) is 0 Å². The number of aryl methyl sites for hydroxylation is 1. The Labute approximate surface area is 142 Å². The van der Waals surface area contributed by atoms with E-state index < -0.39 is 0 Å². The van der Waals surface area contributed by atoms with E-state index in [1.165, 1.54) is 12.4 Å². The van der Waals surface area contributed by atoms with Gasteiger partial charge >= 0.3 is 0 Å². The van der Waals surface area contributed by atoms with Crippen molar-refractivity contribution >= 4 is 28.6 Å². The average molecular weight is 341 g/mol. The van der Waals surface area contributed by atoms with Crippen LogP contribution in [-0.4, -0.2) is 19.9 Å². The number of rotatable bonds is 3. The standard InChI is InChI=1S/C16H13ClN6O/c1-8-11(5-18)6-20-16(21-8)22-9(2)13-4-10-3-12(17)7-19-14(10)23-15(13)24/h3-4,6-7,9H,1-2H3,(H,19,23,24)(H,20,21,22)/t9-/m0/s1. The Bertz CT molecular complexity index is 1020. The van der Waals surface area contributed by atoms with E-state index in [9.17, 15) is 4.79 Å². The number of fused-ring (bicyclic) bond motifs is 1. The maximum atomic E-state index is 12.3. The number of nitriles is 1. The molecule has 2 N–H and O–H groups in total. The lowest BCUT2D eigenvalue weighted by molar-refractivity contribution is 0.840. The van der Waals surface area contributed by atoms with Crippen molar-refractivity contribution < 1.29 is 0 Å². The van der Waals surface area contributed by atoms with Gasteiger partial charge in [0, 0.05) is 17.1 Å². The monoisotopic (exact) mass is 340 g/mol. The predicted molar refractivity (Wildman–Crippen MR) is 90.9 cm³/mol. The van der Waals surface area contributed by atoms with E-state index in [-0.39, 0.29) is 11.6 Å². The Morgan fingerprint density at radius 1 is 1.33 bits per heavy atom. The number of aromatic amines is 1. The first-order valence-corrected chi connectivity index (χ1v) is 7.54. The minimum atomic E-state index is -0.343. The highest BCUT2D eigenvalue weighted by molar-refractivity contribution is 6.31. The molecule has 0 fully saturated rings. The molecule has 120 valence electrons. The van der Waals surface area contributed by atoms with Crippen molar-refractivity contribution in [3.8, 4) is 6.07 Å². The molecule has 0 amide bonds. The van der Waals surface area contributed by atoms with Gasteiger partial charge in [0.1, 0.15) is 11.7 Å². The van der Waals surface area contributed by atoms with Crippen LogP contribution in [-0.2, 0) is 0 Å². The van der Waals surface area contributed by atoms with Crippen molar-refractivity contribution in [3.63, 3.8) is 0 Å². The molecule has 0 aliphatic rings. The van der Waals surface area contributed by atoms with Gasteiger partial charge in [-0.1, -0.05) is 11.6 Å². The molecule has 3 heterocycles. The number of halogens is 1. The topological polar surface area (TPSA) is 107 Å². The highest BCUT2D eigenvalue weighted by Crippen LogP contribution is 2.19. The van der Waals surface area contributed by atoms with E-state index in [2.05, 4.69) is 25.3 Å². The van der Waals surface area contributed by atoms with Crippen LogP contribution in [0.1, 0.15) is 29.8 Å². The number of H-pyrrole nitrogens is 1. The molecule has 8 heteroatoms. The summed E-state index contributed by atoms with van der Waals surface area (Å²) >= 11 is 5.95. The highest BCUT2D eigenvalue weighted by atomic mass is 35.5. The summed E-state index contributed by atoms with van der Waals surface area (Å²) in [5, 5.41) is 13.2. The van der Waals surface area contributed by atoms with Crippen LogP contribution in [0.25, 0.3) is 11.0 Å². The first kappa shape index (κ1) is 15.9. The molecule has 3 rings (SSSR count). The minimum absolute atomic E-state index is 0.248. The molecule has 0 spiro atoms. The van der Waals surface area contributed by atoms with Gasteiger partial charge in [-0.3, -0.25) is 4.79 Å². The Hall–Kier alpha value is -2.98. The van der Waals surface area contributed by atoms with Crippen LogP contribution in [0, 0.1) is 18.3 Å². The molecule has 0 radical (unpaired) electrons. The second-order valence-corrected chi connectivity index (χ2v) is 5.75. The van der Waals surface area contributed by atoms with Crippen molar-refractivity contribution in [1.82, 2.24) is 19.9 Å². The molecule has 1 atom stereocenters. The molecule has 7 nitrogen and oxygen atoms in total. The number of aromatic nitrogens is 4. The molecule has 3 aromatic rings. The van der Waals surface area contributed by atoms with E-state index >= 15 is 0 Å². The number of hydrogen-bond donors (Lipinski definition) is 2. The second-order valence-electron chi connectivity index (χ2n) is 5.32. The zero-order valence-electron chi connectivity index (χ0n) is 13.0. The van der Waals surface area contributed by atoms with Gasteiger partial charge in [-0.15, -0.1) is 0 Å². The van der Waals surface area contributed by atoms with Crippen molar-refractivity contribution in [2.45, 2.75) is 19.9 Å². The predicted octanol–water partition coefficient (Wildman–Crippen LogP) is 2.72. The number of hydrogen-bond acceptors (Lipinski definition) is 6. The lowest BCUT2D eigenvalue weighted by Gasteiger charge is -2.14. The summed E-state index contributed by atoms with van der Waals surface area (Å²) in [5.41, 5.74) is 1.73. The molecule has 3 aromatic heterocycles. The third-order valence-electron chi connectivity index (χ3n) is 3.60. The summed E-state index contributed by atoms with van der Waals surface area (Å²) in [5.74, 6) is 0.350. The Balaban J connectivity index is 1.95. The molecule has 0 unspecified atom stereocenters. The molecule has 0 bridgehead atoms. The maximum Gasteiger partial charge on any atom is 0.254 e. The van der Waals surface area contributed by atoms with Crippen molar-refractivity contribution in [2.75, 3.05) is 5.32 Å². The van der Waals surface area contributed by atoms with Gasteiger partial charge in [-0.2, -0.15) is 5.26 Å². The summed E-state index contributed by atoms with van der Waals surface area (Å²) in [4.78, 5) is 27.4. The third kappa shape index (κ3) is 3.05. The van der Waals surface area contributed by atoms with Crippen LogP contribution in [0.4, 0.5) is 5.95 Å². The quantitative estimate of drug-likeness (QED) is 0.759. The van der Waals surface area contributed by atoms with Crippen LogP contribution in [0.5, 0.6) is 0 Å². The van der Waals surface area contributed by atoms with Gasteiger partial charge in [0.15, 0.2) is 0 Å². The van der Waals surface area contributed by atoms with Gasteiger partial charge in [0.05, 0.1) is 28.5 Å². The van der Waals surface area contributed by atoms with Gasteiger partial charge in [-0.05, 0) is 26.0 Å². The molecule has 0 saturated carbocycles. The second kappa shape index (κ2) is 6.26. The summed E-state index contributed by atoms with van der Waals surface area (Å²) in [6.07, 6.45) is 2.93. The van der Waals surface area contributed by atoms with E-state index in [1.54, 1.807) is 19.1 Å². The molecule has 24 heavy (non-hydrogen) atoms. The Morgan fingerprint density at radius 3 is 2.83 bits per heavy atom. The third-order valence-corrected chi connectivity index (χ3v) is 3.81. The normalized spacial score (nSPS) is 11.9. The lowest BCUT2D eigenvalue weighted by atomic mass is 10.1. The summed E-state index contributed by atoms with van der Waals surface area (Å²) in [6, 6.07) is 5.14. The largest absolute Gasteiger partial charge is 0.347 e. The van der Waals surface area contributed by atoms with Crippen molar-refractivity contribution in [1.29, 1.82) is 5.26 Å². The fraction of sp³-hybridized carbons (Fsp3) is 0.188. The minimum Gasteiger partial charge on any atom is -0.347 e. The van der Waals surface area contributed by atoms with E-state index in [0.29, 0.717) is 33.4 Å². The van der Waals surface area contributed by atoms with Crippen LogP contribution in [0.15, 0.2) is 29.3 Å². The fourth-order valence-corrected chi connectivity index (χ4v) is 2.49. The molecule has 0 aliphatic carbocycles. The molecule has 0 aliphatic heterocycles. The van der Waals surface area contributed by atoms with Gasteiger partial charge < -0.3 is 10.3 Å². The fourth-order valence-electron chi connectivity index (χ4n) is 2.32. The smallest absolute Gasteiger partial charge is 0.254 e. The molecular formula is C16H13ClN6O. The number of anilines is 1. The lowest BCUT2D eigenvalue weighted by Crippen LogP contribution is -2.20. The maximum absolute atomic E-state index is 12.3. The van der Waals surface area contributed by atoms with Crippen LogP contribution in [0.3, 0.4) is 0 Å². The molecule has 0 aromatic carbocycles. The Kier molecular flexibility index (Phi) is 4.15. The van der Waals surface area contributed by atoms with Crippen LogP contribution < -0.4 is 10.9 Å². The van der Waals surface area contributed by atoms with Gasteiger partial charge in [0.2, 0.25) is 5.95 Å². The van der Waals surface area contributed by atoms with E-state index in [0.717, 1.165) is 5.39 Å². The molecule has 0 saturated heterocycles. The summed E-state index contributed by atoms with van der Waals surface area (Å²) < 4.78 is 0. The summed E-state index contributed by atoms with van der Waals surface area (Å²) in [6.45, 7) is 3.55. The first-order chi connectivity index (χ1) is 11.5. The van der Waals surface area contributed by atoms with Crippen LogP contribution in [0.2, 0.25) is 5.02 Å². The van der Waals surface area contributed by atoms with E-state index in [4.69, 9.17) is 16.9 Å². The SMILES string of the molecule is Cc1nc(N[C@@H](C)c2cc3cc(Cl)cnc3[nH]c2=O)ncc1C#N. The first-order valence-electron chi connectivity index (χ1n) is 7.16. The van der Waals surface area contributed by atoms with Crippen LogP contribution >= 0.6 is 11.6 Å². The number of nitrogens with one attached hydrogen (secondary N) is 2. The van der Waals surface area contributed by atoms with Gasteiger partial charge in [0.25, 0.3) is 5.56 Å². The van der Waals surface area contributed by atoms with E-state index in [1.807, 2.05) is 13.0 Å².